The topological polar surface area (TPSA) is 60.8 Å². The first-order chi connectivity index (χ1) is 11.6. The van der Waals surface area contributed by atoms with E-state index in [0.29, 0.717) is 22.5 Å². The van der Waals surface area contributed by atoms with Crippen molar-refractivity contribution in [2.45, 2.75) is 57.8 Å². The van der Waals surface area contributed by atoms with Gasteiger partial charge < -0.3 is 18.9 Å². The third-order valence-corrected chi connectivity index (χ3v) is 6.29. The molecule has 3 aliphatic heterocycles. The van der Waals surface area contributed by atoms with Gasteiger partial charge in [0, 0.05) is 5.69 Å². The number of carbonyl (C=O) groups excluding carboxylic acids is 1. The number of aromatic nitrogens is 1. The Hall–Kier alpha value is -1.09. The van der Waals surface area contributed by atoms with Gasteiger partial charge in [0.15, 0.2) is 17.7 Å². The number of amides is 1. The normalized spacial score (nSPS) is 27.4. The van der Waals surface area contributed by atoms with Crippen LogP contribution in [0.2, 0.25) is 0 Å². The molecule has 1 aromatic rings. The summed E-state index contributed by atoms with van der Waals surface area (Å²) in [6.07, 6.45) is 3.32. The van der Waals surface area contributed by atoms with Gasteiger partial charge in [-0.2, -0.15) is 0 Å². The van der Waals surface area contributed by atoms with Crippen LogP contribution in [0.3, 0.4) is 0 Å². The van der Waals surface area contributed by atoms with E-state index in [-0.39, 0.29) is 35.4 Å². The molecule has 1 amide bonds. The summed E-state index contributed by atoms with van der Waals surface area (Å²) in [6.45, 7) is 5.07. The van der Waals surface area contributed by atoms with Crippen molar-refractivity contribution in [1.29, 1.82) is 0 Å². The van der Waals surface area contributed by atoms with Gasteiger partial charge in [0.2, 0.25) is 5.43 Å². The van der Waals surface area contributed by atoms with Gasteiger partial charge in [-0.1, -0.05) is 13.3 Å². The minimum atomic E-state index is -0.219. The van der Waals surface area contributed by atoms with Crippen LogP contribution in [-0.4, -0.2) is 40.9 Å². The molecule has 0 bridgehead atoms. The fraction of sp³-hybridized carbons (Fsp3) is 0.647. The second kappa shape index (κ2) is 6.01. The number of ether oxygens (including phenoxy) is 2. The second-order valence-corrected chi connectivity index (χ2v) is 7.81. The van der Waals surface area contributed by atoms with E-state index < -0.39 is 0 Å². The monoisotopic (exact) mass is 444 g/mol. The molecule has 1 aromatic heterocycles. The maximum atomic E-state index is 13.2. The van der Waals surface area contributed by atoms with Gasteiger partial charge in [0.25, 0.3) is 5.91 Å². The van der Waals surface area contributed by atoms with E-state index in [2.05, 4.69) is 29.5 Å². The van der Waals surface area contributed by atoms with Crippen molar-refractivity contribution < 1.29 is 14.3 Å². The fourth-order valence-electron chi connectivity index (χ4n) is 4.00. The molecule has 0 radical (unpaired) electrons. The Morgan fingerprint density at radius 3 is 2.92 bits per heavy atom. The number of rotatable bonds is 4. The lowest BCUT2D eigenvalue weighted by Gasteiger charge is -2.38. The number of hydrogen-bond donors (Lipinski definition) is 0. The molecule has 6 nitrogen and oxygen atoms in total. The van der Waals surface area contributed by atoms with Gasteiger partial charge in [0.1, 0.15) is 0 Å². The molecule has 3 aliphatic rings. The van der Waals surface area contributed by atoms with Gasteiger partial charge in [-0.05, 0) is 48.8 Å². The van der Waals surface area contributed by atoms with E-state index >= 15 is 0 Å². The Morgan fingerprint density at radius 2 is 2.17 bits per heavy atom. The number of halogens is 1. The lowest BCUT2D eigenvalue weighted by atomic mass is 10.1. The van der Waals surface area contributed by atoms with Crippen LogP contribution in [0.5, 0.6) is 5.75 Å². The summed E-state index contributed by atoms with van der Waals surface area (Å²) in [5.74, 6) is 0.0930. The SMILES string of the molecule is CCCCOc1c2n3c(c(I)c1=O)CCC3C1OC[C@@H](C)N1C2=O. The molecule has 4 rings (SSSR count). The molecule has 0 aromatic carbocycles. The number of carbonyl (C=O) groups is 1. The molecule has 24 heavy (non-hydrogen) atoms. The summed E-state index contributed by atoms with van der Waals surface area (Å²) in [5, 5.41) is 0. The molecule has 3 atom stereocenters. The molecule has 1 saturated heterocycles. The van der Waals surface area contributed by atoms with E-state index in [1.54, 1.807) is 4.90 Å². The van der Waals surface area contributed by atoms with Gasteiger partial charge in [0.05, 0.1) is 28.9 Å². The number of unbranched alkanes of at least 4 members (excludes halogenated alkanes) is 1. The molecule has 0 spiro atoms. The highest BCUT2D eigenvalue weighted by molar-refractivity contribution is 14.1. The Kier molecular flexibility index (Phi) is 4.11. The van der Waals surface area contributed by atoms with Crippen molar-refractivity contribution >= 4 is 28.5 Å². The van der Waals surface area contributed by atoms with Crippen molar-refractivity contribution in [3.8, 4) is 5.75 Å². The molecule has 2 unspecified atom stereocenters. The average molecular weight is 444 g/mol. The van der Waals surface area contributed by atoms with E-state index in [0.717, 1.165) is 31.4 Å². The third kappa shape index (κ3) is 2.16. The first-order valence-electron chi connectivity index (χ1n) is 8.60. The molecule has 0 N–H and O–H groups in total. The molecular formula is C17H21IN2O4. The zero-order valence-corrected chi connectivity index (χ0v) is 16.0. The Bertz CT molecular complexity index is 760. The van der Waals surface area contributed by atoms with Crippen LogP contribution in [0.4, 0.5) is 0 Å². The highest BCUT2D eigenvalue weighted by Crippen LogP contribution is 2.43. The van der Waals surface area contributed by atoms with Crippen LogP contribution in [0.1, 0.15) is 55.3 Å². The number of nitrogens with zero attached hydrogens (tertiary/aromatic N) is 2. The van der Waals surface area contributed by atoms with Crippen molar-refractivity contribution in [2.75, 3.05) is 13.2 Å². The summed E-state index contributed by atoms with van der Waals surface area (Å²) in [6, 6.07) is 0.110. The van der Waals surface area contributed by atoms with E-state index in [1.165, 1.54) is 0 Å². The smallest absolute Gasteiger partial charge is 0.276 e. The predicted molar refractivity (Wildman–Crippen MR) is 96.6 cm³/mol. The minimum Gasteiger partial charge on any atom is -0.487 e. The van der Waals surface area contributed by atoms with Crippen molar-refractivity contribution in [3.63, 3.8) is 0 Å². The number of hydrogen-bond acceptors (Lipinski definition) is 4. The maximum absolute atomic E-state index is 13.2. The molecule has 0 aliphatic carbocycles. The minimum absolute atomic E-state index is 0.0261. The van der Waals surface area contributed by atoms with E-state index in [4.69, 9.17) is 9.47 Å². The first-order valence-corrected chi connectivity index (χ1v) is 9.68. The fourth-order valence-corrected chi connectivity index (χ4v) is 4.78. The van der Waals surface area contributed by atoms with Crippen LogP contribution < -0.4 is 10.2 Å². The van der Waals surface area contributed by atoms with E-state index in [1.807, 2.05) is 11.5 Å². The van der Waals surface area contributed by atoms with Gasteiger partial charge in [-0.15, -0.1) is 0 Å². The molecule has 4 heterocycles. The summed E-state index contributed by atoms with van der Waals surface area (Å²) in [7, 11) is 0. The molecule has 1 fully saturated rings. The zero-order chi connectivity index (χ0) is 17.0. The van der Waals surface area contributed by atoms with Crippen LogP contribution in [0.25, 0.3) is 0 Å². The predicted octanol–water partition coefficient (Wildman–Crippen LogP) is 2.32. The number of fused-ring (bicyclic) bond motifs is 2. The van der Waals surface area contributed by atoms with Crippen LogP contribution in [-0.2, 0) is 11.2 Å². The summed E-state index contributed by atoms with van der Waals surface area (Å²) in [4.78, 5) is 27.8. The van der Waals surface area contributed by atoms with Crippen molar-refractivity contribution in [1.82, 2.24) is 9.47 Å². The summed E-state index contributed by atoms with van der Waals surface area (Å²) >= 11 is 2.10. The lowest BCUT2D eigenvalue weighted by Crippen LogP contribution is -2.50. The Labute approximate surface area is 154 Å². The van der Waals surface area contributed by atoms with Crippen LogP contribution in [0.15, 0.2) is 4.79 Å². The van der Waals surface area contributed by atoms with Gasteiger partial charge in [-0.3, -0.25) is 9.59 Å². The highest BCUT2D eigenvalue weighted by atomic mass is 127. The molecule has 7 heteroatoms. The largest absolute Gasteiger partial charge is 0.487 e. The zero-order valence-electron chi connectivity index (χ0n) is 13.9. The first kappa shape index (κ1) is 16.4. The van der Waals surface area contributed by atoms with Gasteiger partial charge in [-0.25, -0.2) is 0 Å². The third-order valence-electron chi connectivity index (χ3n) is 5.18. The van der Waals surface area contributed by atoms with Crippen molar-refractivity contribution in [3.05, 3.63) is 25.2 Å². The van der Waals surface area contributed by atoms with Crippen LogP contribution in [0, 0.1) is 3.57 Å². The highest BCUT2D eigenvalue weighted by Gasteiger charge is 2.50. The van der Waals surface area contributed by atoms with Crippen LogP contribution >= 0.6 is 22.6 Å². The molecule has 130 valence electrons. The summed E-state index contributed by atoms with van der Waals surface area (Å²) in [5.41, 5.74) is 1.25. The maximum Gasteiger partial charge on any atom is 0.276 e. The number of pyridine rings is 1. The Balaban J connectivity index is 1.89. The van der Waals surface area contributed by atoms with Gasteiger partial charge >= 0.3 is 0 Å². The molecular weight excluding hydrogens is 423 g/mol. The van der Waals surface area contributed by atoms with Crippen molar-refractivity contribution in [2.24, 2.45) is 0 Å². The summed E-state index contributed by atoms with van der Waals surface area (Å²) < 4.78 is 14.4. The quantitative estimate of drug-likeness (QED) is 0.529. The molecule has 0 saturated carbocycles. The second-order valence-electron chi connectivity index (χ2n) is 6.73. The average Bonchev–Trinajstić information content (AvgIpc) is 3.15. The van der Waals surface area contributed by atoms with E-state index in [9.17, 15) is 9.59 Å². The Morgan fingerprint density at radius 1 is 1.38 bits per heavy atom. The lowest BCUT2D eigenvalue weighted by molar-refractivity contribution is -0.0146. The standard InChI is InChI=1S/C17H21IN2O4/c1-3-4-7-23-15-13-16(22)19-9(2)8-24-17(19)11-6-5-10(20(11)13)12(18)14(15)21/h9,11,17H,3-8H2,1-2H3/t9-,11?,17?/m1/s1.